The fourth-order valence-corrected chi connectivity index (χ4v) is 4.57. The number of nitrogens with one attached hydrogen (secondary N) is 1. The molecule has 3 aromatic rings. The minimum absolute atomic E-state index is 0.0395. The van der Waals surface area contributed by atoms with E-state index in [1.54, 1.807) is 35.5 Å². The van der Waals surface area contributed by atoms with Crippen LogP contribution in [0.1, 0.15) is 19.4 Å². The van der Waals surface area contributed by atoms with Gasteiger partial charge in [-0.15, -0.1) is 0 Å². The molecule has 0 saturated carbocycles. The number of fused-ring (bicyclic) bond motifs is 2. The van der Waals surface area contributed by atoms with Crippen LogP contribution < -0.4 is 9.62 Å². The molecule has 1 aliphatic rings. The molecule has 2 heterocycles. The highest BCUT2D eigenvalue weighted by Crippen LogP contribution is 2.31. The van der Waals surface area contributed by atoms with E-state index in [1.165, 1.54) is 13.0 Å². The number of anilines is 2. The van der Waals surface area contributed by atoms with E-state index in [-0.39, 0.29) is 10.8 Å². The van der Waals surface area contributed by atoms with Gasteiger partial charge in [0.2, 0.25) is 5.91 Å². The molecule has 1 aromatic heterocycles. The molecule has 0 spiro atoms. The lowest BCUT2D eigenvalue weighted by Gasteiger charge is -2.15. The van der Waals surface area contributed by atoms with Crippen LogP contribution in [-0.2, 0) is 27.8 Å². The number of hydrogen-bond donors (Lipinski definition) is 1. The Morgan fingerprint density at radius 1 is 1.22 bits per heavy atom. The van der Waals surface area contributed by atoms with Crippen LogP contribution >= 0.6 is 0 Å². The Bertz CT molecular complexity index is 1150. The Balaban J connectivity index is 1.63. The van der Waals surface area contributed by atoms with E-state index < -0.39 is 10.0 Å². The number of sulfonamides is 1. The highest BCUT2D eigenvalue weighted by Gasteiger charge is 2.25. The van der Waals surface area contributed by atoms with Gasteiger partial charge in [0.25, 0.3) is 10.0 Å². The minimum Gasteiger partial charge on any atom is -0.331 e. The lowest BCUT2D eigenvalue weighted by Crippen LogP contribution is -2.25. The van der Waals surface area contributed by atoms with E-state index >= 15 is 0 Å². The first-order valence-corrected chi connectivity index (χ1v) is 10.3. The van der Waals surface area contributed by atoms with Crippen molar-refractivity contribution in [1.29, 1.82) is 0 Å². The number of nitrogens with zero attached hydrogens (tertiary/aromatic N) is 3. The molecule has 0 unspecified atom stereocenters. The molecule has 27 heavy (non-hydrogen) atoms. The van der Waals surface area contributed by atoms with Crippen LogP contribution in [0.3, 0.4) is 0 Å². The summed E-state index contributed by atoms with van der Waals surface area (Å²) >= 11 is 0. The van der Waals surface area contributed by atoms with Crippen LogP contribution in [0.25, 0.3) is 11.0 Å². The quantitative estimate of drug-likeness (QED) is 0.750. The first-order valence-electron chi connectivity index (χ1n) is 8.78. The van der Waals surface area contributed by atoms with Gasteiger partial charge in [0, 0.05) is 25.7 Å². The third-order valence-electron chi connectivity index (χ3n) is 4.85. The largest absolute Gasteiger partial charge is 0.331 e. The van der Waals surface area contributed by atoms with Crippen molar-refractivity contribution in [2.45, 2.75) is 31.7 Å². The lowest BCUT2D eigenvalue weighted by molar-refractivity contribution is -0.116. The van der Waals surface area contributed by atoms with Crippen LogP contribution in [0.2, 0.25) is 0 Å². The lowest BCUT2D eigenvalue weighted by atomic mass is 10.2. The molecule has 0 fully saturated rings. The van der Waals surface area contributed by atoms with Gasteiger partial charge in [-0.2, -0.15) is 0 Å². The summed E-state index contributed by atoms with van der Waals surface area (Å²) in [4.78, 5) is 17.8. The Morgan fingerprint density at radius 2 is 2.04 bits per heavy atom. The highest BCUT2D eigenvalue weighted by molar-refractivity contribution is 7.92. The molecule has 0 radical (unpaired) electrons. The van der Waals surface area contributed by atoms with Gasteiger partial charge in [-0.1, -0.05) is 0 Å². The summed E-state index contributed by atoms with van der Waals surface area (Å²) in [5.74, 6) is -0.0395. The maximum absolute atomic E-state index is 12.8. The van der Waals surface area contributed by atoms with Crippen molar-refractivity contribution in [2.24, 2.45) is 0 Å². The SMILES string of the molecule is CCn1cnc2cc(NS(=O)(=O)c3ccc4c(c3)CCN4C(C)=O)ccc21. The molecular weight excluding hydrogens is 364 g/mol. The van der Waals surface area contributed by atoms with E-state index in [1.807, 2.05) is 17.6 Å². The van der Waals surface area contributed by atoms with Crippen LogP contribution in [0, 0.1) is 0 Å². The molecule has 4 rings (SSSR count). The Hall–Kier alpha value is -2.87. The maximum atomic E-state index is 12.8. The molecule has 1 N–H and O–H groups in total. The van der Waals surface area contributed by atoms with E-state index in [2.05, 4.69) is 9.71 Å². The van der Waals surface area contributed by atoms with Crippen molar-refractivity contribution < 1.29 is 13.2 Å². The summed E-state index contributed by atoms with van der Waals surface area (Å²) in [5.41, 5.74) is 3.82. The fraction of sp³-hybridized carbons (Fsp3) is 0.263. The molecule has 8 heteroatoms. The number of carbonyl (C=O) groups is 1. The average Bonchev–Trinajstić information content (AvgIpc) is 3.24. The fourth-order valence-electron chi connectivity index (χ4n) is 3.47. The molecule has 0 aliphatic carbocycles. The summed E-state index contributed by atoms with van der Waals surface area (Å²) in [6, 6.07) is 10.2. The number of hydrogen-bond acceptors (Lipinski definition) is 4. The third kappa shape index (κ3) is 3.06. The predicted molar refractivity (Wildman–Crippen MR) is 104 cm³/mol. The molecule has 0 atom stereocenters. The van der Waals surface area contributed by atoms with Gasteiger partial charge in [0.05, 0.1) is 27.9 Å². The summed E-state index contributed by atoms with van der Waals surface area (Å²) < 4.78 is 30.2. The van der Waals surface area contributed by atoms with Gasteiger partial charge >= 0.3 is 0 Å². The normalized spacial score (nSPS) is 13.8. The third-order valence-corrected chi connectivity index (χ3v) is 6.23. The number of rotatable bonds is 4. The second-order valence-electron chi connectivity index (χ2n) is 6.55. The van der Waals surface area contributed by atoms with Gasteiger partial charge in [-0.05, 0) is 55.3 Å². The van der Waals surface area contributed by atoms with E-state index in [9.17, 15) is 13.2 Å². The van der Waals surface area contributed by atoms with Crippen molar-refractivity contribution in [1.82, 2.24) is 9.55 Å². The number of amides is 1. The number of benzene rings is 2. The Labute approximate surface area is 157 Å². The second-order valence-corrected chi connectivity index (χ2v) is 8.23. The summed E-state index contributed by atoms with van der Waals surface area (Å²) in [5, 5.41) is 0. The van der Waals surface area contributed by atoms with Crippen molar-refractivity contribution in [2.75, 3.05) is 16.2 Å². The monoisotopic (exact) mass is 384 g/mol. The van der Waals surface area contributed by atoms with E-state index in [4.69, 9.17) is 0 Å². The van der Waals surface area contributed by atoms with Crippen molar-refractivity contribution >= 4 is 38.3 Å². The van der Waals surface area contributed by atoms with Crippen LogP contribution in [0.5, 0.6) is 0 Å². The van der Waals surface area contributed by atoms with Gasteiger partial charge in [0.1, 0.15) is 0 Å². The van der Waals surface area contributed by atoms with Crippen LogP contribution in [-0.4, -0.2) is 30.4 Å². The van der Waals surface area contributed by atoms with Gasteiger partial charge in [-0.25, -0.2) is 13.4 Å². The maximum Gasteiger partial charge on any atom is 0.261 e. The molecular formula is C19H20N4O3S. The summed E-state index contributed by atoms with van der Waals surface area (Å²) in [6.45, 7) is 4.92. The second kappa shape index (κ2) is 6.38. The smallest absolute Gasteiger partial charge is 0.261 e. The molecule has 2 aromatic carbocycles. The van der Waals surface area contributed by atoms with Crippen LogP contribution in [0.4, 0.5) is 11.4 Å². The summed E-state index contributed by atoms with van der Waals surface area (Å²) in [6.07, 6.45) is 2.39. The molecule has 140 valence electrons. The molecule has 0 bridgehead atoms. The zero-order valence-corrected chi connectivity index (χ0v) is 16.0. The number of imidazole rings is 1. The Kier molecular flexibility index (Phi) is 4.15. The first-order chi connectivity index (χ1) is 12.9. The van der Waals surface area contributed by atoms with Crippen molar-refractivity contribution in [3.8, 4) is 0 Å². The van der Waals surface area contributed by atoms with Gasteiger partial charge in [-0.3, -0.25) is 9.52 Å². The first kappa shape index (κ1) is 17.5. The highest BCUT2D eigenvalue weighted by atomic mass is 32.2. The van der Waals surface area contributed by atoms with Crippen molar-refractivity contribution in [3.05, 3.63) is 48.3 Å². The number of aryl methyl sites for hydroxylation is 1. The zero-order chi connectivity index (χ0) is 19.2. The number of carbonyl (C=O) groups excluding carboxylic acids is 1. The van der Waals surface area contributed by atoms with Crippen molar-refractivity contribution in [3.63, 3.8) is 0 Å². The summed E-state index contributed by atoms with van der Waals surface area (Å²) in [7, 11) is -3.73. The van der Waals surface area contributed by atoms with E-state index in [0.717, 1.165) is 28.8 Å². The van der Waals surface area contributed by atoms with Gasteiger partial charge < -0.3 is 9.47 Å². The predicted octanol–water partition coefficient (Wildman–Crippen LogP) is 2.77. The number of aromatic nitrogens is 2. The standard InChI is InChI=1S/C19H20N4O3S/c1-3-22-12-20-17-11-15(4-6-19(17)22)21-27(25,26)16-5-7-18-14(10-16)8-9-23(18)13(2)24/h4-7,10-12,21H,3,8-9H2,1-2H3. The Morgan fingerprint density at radius 3 is 2.78 bits per heavy atom. The molecule has 1 aliphatic heterocycles. The average molecular weight is 384 g/mol. The van der Waals surface area contributed by atoms with E-state index in [0.29, 0.717) is 18.7 Å². The van der Waals surface area contributed by atoms with Crippen LogP contribution in [0.15, 0.2) is 47.6 Å². The topological polar surface area (TPSA) is 84.3 Å². The van der Waals surface area contributed by atoms with Gasteiger partial charge in [0.15, 0.2) is 0 Å². The minimum atomic E-state index is -3.73. The molecule has 7 nitrogen and oxygen atoms in total. The zero-order valence-electron chi connectivity index (χ0n) is 15.1. The molecule has 1 amide bonds. The molecule has 0 saturated heterocycles.